The summed E-state index contributed by atoms with van der Waals surface area (Å²) in [5.74, 6) is 0. The van der Waals surface area contributed by atoms with Crippen molar-refractivity contribution >= 4 is 21.8 Å². The lowest BCUT2D eigenvalue weighted by atomic mass is 10.1. The Bertz CT molecular complexity index is 734. The van der Waals surface area contributed by atoms with E-state index in [-0.39, 0.29) is 6.54 Å². The molecule has 0 aromatic heterocycles. The van der Waals surface area contributed by atoms with Crippen LogP contribution in [0.15, 0.2) is 29.2 Å². The Morgan fingerprint density at radius 3 is 2.56 bits per heavy atom. The summed E-state index contributed by atoms with van der Waals surface area (Å²) in [6.45, 7) is 2.73. The first-order valence-corrected chi connectivity index (χ1v) is 9.40. The molecule has 0 spiro atoms. The summed E-state index contributed by atoms with van der Waals surface area (Å²) in [6.07, 6.45) is 0.0582. The monoisotopic (exact) mass is 366 g/mol. The lowest BCUT2D eigenvalue weighted by Crippen LogP contribution is -2.43. The summed E-state index contributed by atoms with van der Waals surface area (Å²) in [4.78, 5) is 1.77. The molecule has 0 amide bonds. The molecule has 2 rings (SSSR count). The van der Waals surface area contributed by atoms with E-state index in [1.807, 2.05) is 12.1 Å². The molecule has 1 fully saturated rings. The van der Waals surface area contributed by atoms with Crippen molar-refractivity contribution in [2.45, 2.75) is 6.10 Å². The van der Waals surface area contributed by atoms with Crippen LogP contribution in [0.4, 0.5) is 5.69 Å². The van der Waals surface area contributed by atoms with Crippen molar-refractivity contribution in [1.82, 2.24) is 10.0 Å². The van der Waals surface area contributed by atoms with Gasteiger partial charge in [-0.05, 0) is 23.8 Å². The molecule has 4 N–H and O–H groups in total. The molecule has 0 aliphatic carbocycles. The molecule has 0 radical (unpaired) electrons. The highest BCUT2D eigenvalue weighted by atomic mass is 32.2. The molecule has 1 aliphatic heterocycles. The van der Waals surface area contributed by atoms with Gasteiger partial charge in [0.25, 0.3) is 10.0 Å². The van der Waals surface area contributed by atoms with Crippen molar-refractivity contribution in [2.75, 3.05) is 44.2 Å². The number of hydrogen-bond donors (Lipinski definition) is 4. The fourth-order valence-electron chi connectivity index (χ4n) is 2.37. The van der Waals surface area contributed by atoms with E-state index >= 15 is 0 Å². The number of aliphatic hydroxyl groups excluding tert-OH is 2. The third kappa shape index (κ3) is 5.52. The Hall–Kier alpha value is -1.96. The first-order valence-electron chi connectivity index (χ1n) is 7.92. The van der Waals surface area contributed by atoms with E-state index in [0.29, 0.717) is 5.56 Å². The number of aliphatic hydroxyl groups is 2. The number of hydrogen-bond acceptors (Lipinski definition) is 7. The number of nitrogens with one attached hydrogen (secondary N) is 2. The Morgan fingerprint density at radius 2 is 2.00 bits per heavy atom. The number of nitriles is 1. The molecule has 1 saturated heterocycles. The van der Waals surface area contributed by atoms with Crippen molar-refractivity contribution in [2.24, 2.45) is 0 Å². The van der Waals surface area contributed by atoms with E-state index in [1.165, 1.54) is 6.08 Å². The van der Waals surface area contributed by atoms with Crippen LogP contribution in [0, 0.1) is 11.3 Å². The maximum atomic E-state index is 12.1. The quantitative estimate of drug-likeness (QED) is 0.467. The van der Waals surface area contributed by atoms with Crippen molar-refractivity contribution in [3.63, 3.8) is 0 Å². The Balaban J connectivity index is 2.12. The van der Waals surface area contributed by atoms with Gasteiger partial charge in [0.2, 0.25) is 0 Å². The fraction of sp³-hybridized carbons (Fsp3) is 0.438. The molecule has 1 heterocycles. The summed E-state index contributed by atoms with van der Waals surface area (Å²) in [7, 11) is -4.05. The van der Waals surface area contributed by atoms with E-state index in [9.17, 15) is 13.5 Å². The molecular weight excluding hydrogens is 344 g/mol. The molecule has 136 valence electrons. The van der Waals surface area contributed by atoms with Crippen molar-refractivity contribution < 1.29 is 18.6 Å². The van der Waals surface area contributed by atoms with Crippen molar-refractivity contribution in [3.05, 3.63) is 34.7 Å². The minimum atomic E-state index is -4.05. The van der Waals surface area contributed by atoms with Crippen LogP contribution >= 0.6 is 0 Å². The van der Waals surface area contributed by atoms with Crippen LogP contribution in [0.25, 0.3) is 6.08 Å². The topological polar surface area (TPSA) is 126 Å². The van der Waals surface area contributed by atoms with Gasteiger partial charge in [-0.3, -0.25) is 0 Å². The molecule has 0 bridgehead atoms. The molecular formula is C16H22N4O4S. The average molecular weight is 366 g/mol. The minimum absolute atomic E-state index is 0.361. The van der Waals surface area contributed by atoms with Crippen LogP contribution in [-0.2, 0) is 10.0 Å². The lowest BCUT2D eigenvalue weighted by molar-refractivity contribution is 0.0989. The number of rotatable bonds is 7. The summed E-state index contributed by atoms with van der Waals surface area (Å²) in [5, 5.41) is 30.4. The Morgan fingerprint density at radius 1 is 1.36 bits per heavy atom. The van der Waals surface area contributed by atoms with Crippen LogP contribution in [0.2, 0.25) is 0 Å². The van der Waals surface area contributed by atoms with Gasteiger partial charge in [-0.1, -0.05) is 12.1 Å². The predicted molar refractivity (Wildman–Crippen MR) is 95.1 cm³/mol. The smallest absolute Gasteiger partial charge is 0.250 e. The number of nitrogens with zero attached hydrogens (tertiary/aromatic N) is 2. The van der Waals surface area contributed by atoms with Crippen LogP contribution in [0.3, 0.4) is 0 Å². The van der Waals surface area contributed by atoms with E-state index in [0.717, 1.165) is 31.9 Å². The highest BCUT2D eigenvalue weighted by Crippen LogP contribution is 2.18. The van der Waals surface area contributed by atoms with Gasteiger partial charge in [0.1, 0.15) is 6.07 Å². The van der Waals surface area contributed by atoms with Gasteiger partial charge in [0.15, 0.2) is 4.91 Å². The second-order valence-corrected chi connectivity index (χ2v) is 7.37. The highest BCUT2D eigenvalue weighted by Gasteiger charge is 2.19. The van der Waals surface area contributed by atoms with Gasteiger partial charge in [-0.2, -0.15) is 5.26 Å². The molecule has 1 aromatic carbocycles. The van der Waals surface area contributed by atoms with Gasteiger partial charge in [-0.25, -0.2) is 13.1 Å². The number of sulfonamides is 1. The zero-order valence-electron chi connectivity index (χ0n) is 13.7. The van der Waals surface area contributed by atoms with E-state index < -0.39 is 27.6 Å². The molecule has 1 aromatic rings. The largest absolute Gasteiger partial charge is 0.394 e. The number of anilines is 1. The average Bonchev–Trinajstić information content (AvgIpc) is 2.65. The number of allylic oxidation sites excluding steroid dienone is 1. The molecule has 25 heavy (non-hydrogen) atoms. The van der Waals surface area contributed by atoms with Crippen LogP contribution in [0.5, 0.6) is 0 Å². The van der Waals surface area contributed by atoms with E-state index in [1.54, 1.807) is 18.2 Å². The van der Waals surface area contributed by atoms with Gasteiger partial charge >= 0.3 is 0 Å². The highest BCUT2D eigenvalue weighted by molar-refractivity contribution is 7.93. The third-order valence-electron chi connectivity index (χ3n) is 3.79. The van der Waals surface area contributed by atoms with Crippen LogP contribution < -0.4 is 14.9 Å². The lowest BCUT2D eigenvalue weighted by Gasteiger charge is -2.29. The van der Waals surface area contributed by atoms with Crippen molar-refractivity contribution in [3.8, 4) is 6.07 Å². The van der Waals surface area contributed by atoms with Gasteiger partial charge in [-0.15, -0.1) is 0 Å². The van der Waals surface area contributed by atoms with Crippen LogP contribution in [0.1, 0.15) is 5.56 Å². The number of piperazine rings is 1. The molecule has 9 heteroatoms. The zero-order valence-corrected chi connectivity index (χ0v) is 14.5. The Labute approximate surface area is 147 Å². The molecule has 1 atom stereocenters. The first kappa shape index (κ1) is 19.4. The molecule has 0 saturated carbocycles. The van der Waals surface area contributed by atoms with Crippen molar-refractivity contribution in [1.29, 1.82) is 5.26 Å². The SMILES string of the molecule is N#C/C(=C\c1ccc(N2CCNCC2)cc1)S(=O)(=O)NCC(O)CO. The normalized spacial score (nSPS) is 17.2. The van der Waals surface area contributed by atoms with E-state index in [4.69, 9.17) is 10.4 Å². The maximum Gasteiger partial charge on any atom is 0.250 e. The van der Waals surface area contributed by atoms with Gasteiger partial charge in [0.05, 0.1) is 12.7 Å². The summed E-state index contributed by atoms with van der Waals surface area (Å²) >= 11 is 0. The van der Waals surface area contributed by atoms with E-state index in [2.05, 4.69) is 14.9 Å². The molecule has 8 nitrogen and oxygen atoms in total. The van der Waals surface area contributed by atoms with Gasteiger partial charge < -0.3 is 20.4 Å². The first-order chi connectivity index (χ1) is 12.0. The standard InChI is InChI=1S/C16H22N4O4S/c17-10-16(25(23,24)19-11-15(22)12-21)9-13-1-3-14(4-2-13)20-7-5-18-6-8-20/h1-4,9,15,18-19,21-22H,5-8,11-12H2/b16-9+. The maximum absolute atomic E-state index is 12.1. The zero-order chi connectivity index (χ0) is 18.3. The summed E-state index contributed by atoms with van der Waals surface area (Å²) in [5.41, 5.74) is 1.63. The van der Waals surface area contributed by atoms with Gasteiger partial charge in [0, 0.05) is 38.4 Å². The number of benzene rings is 1. The second kappa shape index (κ2) is 8.94. The minimum Gasteiger partial charge on any atom is -0.394 e. The fourth-order valence-corrected chi connectivity index (χ4v) is 3.35. The summed E-state index contributed by atoms with van der Waals surface area (Å²) in [6, 6.07) is 8.95. The molecule has 1 aliphatic rings. The second-order valence-electron chi connectivity index (χ2n) is 5.64. The van der Waals surface area contributed by atoms with Crippen LogP contribution in [-0.4, -0.2) is 64.1 Å². The predicted octanol–water partition coefficient (Wildman–Crippen LogP) is -0.767. The molecule has 1 unspecified atom stereocenters. The Kier molecular flexibility index (Phi) is 6.92. The summed E-state index contributed by atoms with van der Waals surface area (Å²) < 4.78 is 26.3. The third-order valence-corrected chi connectivity index (χ3v) is 5.13.